The van der Waals surface area contributed by atoms with Gasteiger partial charge in [-0.1, -0.05) is 6.07 Å². The molecule has 16 heavy (non-hydrogen) atoms. The monoisotopic (exact) mass is 241 g/mol. The molecule has 0 bridgehead atoms. The van der Waals surface area contributed by atoms with Gasteiger partial charge in [0.25, 0.3) is 0 Å². The smallest absolute Gasteiger partial charge is 0.328 e. The number of nitrogens with two attached hydrogens (primary N) is 1. The molecule has 0 amide bonds. The number of carbonyl (C=O) groups excluding carboxylic acids is 1. The lowest BCUT2D eigenvalue weighted by Gasteiger charge is -2.12. The molecule has 2 atom stereocenters. The van der Waals surface area contributed by atoms with Crippen LogP contribution in [0.1, 0.15) is 17.3 Å². The third-order valence-corrected chi connectivity index (χ3v) is 3.54. The van der Waals surface area contributed by atoms with Crippen molar-refractivity contribution < 1.29 is 14.3 Å². The highest BCUT2D eigenvalue weighted by atomic mass is 32.1. The van der Waals surface area contributed by atoms with Gasteiger partial charge in [-0.2, -0.15) is 0 Å². The van der Waals surface area contributed by atoms with Gasteiger partial charge in [-0.25, -0.2) is 4.79 Å². The van der Waals surface area contributed by atoms with Crippen LogP contribution in [0.2, 0.25) is 0 Å². The molecule has 0 aliphatic carbocycles. The molecular formula is C11H15NO3S. The first-order chi connectivity index (χ1) is 7.77. The number of carbonyl (C=O) groups is 1. The summed E-state index contributed by atoms with van der Waals surface area (Å²) in [5.74, 6) is -0.0196. The molecule has 2 N–H and O–H groups in total. The normalized spacial score (nSPS) is 21.9. The summed E-state index contributed by atoms with van der Waals surface area (Å²) in [6.07, 6.45) is 0.960. The molecule has 2 heterocycles. The van der Waals surface area contributed by atoms with Crippen LogP contribution in [0.5, 0.6) is 0 Å². The van der Waals surface area contributed by atoms with Gasteiger partial charge in [0.15, 0.2) is 0 Å². The second-order valence-corrected chi connectivity index (χ2v) is 4.83. The van der Waals surface area contributed by atoms with Gasteiger partial charge < -0.3 is 15.2 Å². The van der Waals surface area contributed by atoms with Gasteiger partial charge in [0, 0.05) is 17.4 Å². The van der Waals surface area contributed by atoms with E-state index in [-0.39, 0.29) is 5.97 Å². The van der Waals surface area contributed by atoms with Crippen LogP contribution < -0.4 is 5.73 Å². The molecule has 5 heteroatoms. The maximum absolute atomic E-state index is 11.6. The van der Waals surface area contributed by atoms with Crippen molar-refractivity contribution in [1.82, 2.24) is 0 Å². The van der Waals surface area contributed by atoms with E-state index in [1.165, 1.54) is 11.3 Å². The van der Waals surface area contributed by atoms with Gasteiger partial charge >= 0.3 is 5.97 Å². The van der Waals surface area contributed by atoms with Crippen LogP contribution in [0.15, 0.2) is 17.5 Å². The zero-order valence-corrected chi connectivity index (χ0v) is 9.74. The van der Waals surface area contributed by atoms with Crippen molar-refractivity contribution in [2.24, 2.45) is 11.7 Å². The Morgan fingerprint density at radius 1 is 1.75 bits per heavy atom. The molecule has 4 nitrogen and oxygen atoms in total. The number of ether oxygens (including phenoxy) is 2. The molecule has 88 valence electrons. The van der Waals surface area contributed by atoms with Crippen molar-refractivity contribution in [2.75, 3.05) is 19.8 Å². The van der Waals surface area contributed by atoms with Gasteiger partial charge in [-0.05, 0) is 17.9 Å². The first-order valence-electron chi connectivity index (χ1n) is 5.30. The standard InChI is InChI=1S/C11H15NO3S/c12-10(9-2-1-5-16-9)11(13)15-7-8-3-4-14-6-8/h1-2,5,8,10H,3-4,6-7,12H2. The Morgan fingerprint density at radius 3 is 3.25 bits per heavy atom. The van der Waals surface area contributed by atoms with Crippen LogP contribution in [0.3, 0.4) is 0 Å². The van der Waals surface area contributed by atoms with Crippen LogP contribution >= 0.6 is 11.3 Å². The largest absolute Gasteiger partial charge is 0.464 e. The quantitative estimate of drug-likeness (QED) is 0.808. The Hall–Kier alpha value is -0.910. The van der Waals surface area contributed by atoms with E-state index in [2.05, 4.69) is 0 Å². The third-order valence-electron chi connectivity index (χ3n) is 2.59. The minimum absolute atomic E-state index is 0.333. The second kappa shape index (κ2) is 5.43. The van der Waals surface area contributed by atoms with E-state index < -0.39 is 6.04 Å². The molecule has 1 aliphatic rings. The first-order valence-corrected chi connectivity index (χ1v) is 6.18. The van der Waals surface area contributed by atoms with E-state index in [1.54, 1.807) is 0 Å². The van der Waals surface area contributed by atoms with Gasteiger partial charge in [0.2, 0.25) is 0 Å². The molecule has 0 radical (unpaired) electrons. The number of hydrogen-bond acceptors (Lipinski definition) is 5. The predicted octanol–water partition coefficient (Wildman–Crippen LogP) is 1.33. The van der Waals surface area contributed by atoms with Crippen molar-refractivity contribution in [3.63, 3.8) is 0 Å². The summed E-state index contributed by atoms with van der Waals surface area (Å²) in [6.45, 7) is 1.86. The molecule has 1 aliphatic heterocycles. The molecular weight excluding hydrogens is 226 g/mol. The lowest BCUT2D eigenvalue weighted by molar-refractivity contribution is -0.146. The zero-order chi connectivity index (χ0) is 11.4. The Labute approximate surface area is 98.3 Å². The van der Waals surface area contributed by atoms with Gasteiger partial charge in [-0.15, -0.1) is 11.3 Å². The van der Waals surface area contributed by atoms with Crippen LogP contribution in [-0.4, -0.2) is 25.8 Å². The predicted molar refractivity (Wildman–Crippen MR) is 61.1 cm³/mol. The second-order valence-electron chi connectivity index (χ2n) is 3.85. The SMILES string of the molecule is NC(C(=O)OCC1CCOC1)c1cccs1. The Kier molecular flexibility index (Phi) is 3.93. The Balaban J connectivity index is 1.79. The van der Waals surface area contributed by atoms with Crippen LogP contribution in [-0.2, 0) is 14.3 Å². The van der Waals surface area contributed by atoms with Gasteiger partial charge in [-0.3, -0.25) is 0 Å². The summed E-state index contributed by atoms with van der Waals surface area (Å²) < 4.78 is 10.4. The molecule has 1 saturated heterocycles. The van der Waals surface area contributed by atoms with Crippen molar-refractivity contribution in [3.05, 3.63) is 22.4 Å². The van der Waals surface area contributed by atoms with Crippen molar-refractivity contribution in [1.29, 1.82) is 0 Å². The lowest BCUT2D eigenvalue weighted by atomic mass is 10.1. The molecule has 1 fully saturated rings. The molecule has 2 unspecified atom stereocenters. The summed E-state index contributed by atoms with van der Waals surface area (Å²) in [4.78, 5) is 12.5. The molecule has 0 saturated carbocycles. The molecule has 1 aromatic heterocycles. The van der Waals surface area contributed by atoms with Crippen LogP contribution in [0, 0.1) is 5.92 Å². The number of rotatable bonds is 4. The zero-order valence-electron chi connectivity index (χ0n) is 8.93. The summed E-state index contributed by atoms with van der Waals surface area (Å²) in [7, 11) is 0. The number of thiophene rings is 1. The van der Waals surface area contributed by atoms with E-state index in [4.69, 9.17) is 15.2 Å². The van der Waals surface area contributed by atoms with Crippen LogP contribution in [0.4, 0.5) is 0 Å². The molecule has 2 rings (SSSR count). The Bertz CT molecular complexity index is 333. The minimum Gasteiger partial charge on any atom is -0.464 e. The minimum atomic E-state index is -0.651. The van der Waals surface area contributed by atoms with E-state index in [0.29, 0.717) is 19.1 Å². The molecule has 0 aromatic carbocycles. The highest BCUT2D eigenvalue weighted by Gasteiger charge is 2.22. The molecule has 0 spiro atoms. The van der Waals surface area contributed by atoms with E-state index in [0.717, 1.165) is 17.9 Å². The van der Waals surface area contributed by atoms with Crippen molar-refractivity contribution in [2.45, 2.75) is 12.5 Å². The fourth-order valence-electron chi connectivity index (χ4n) is 1.59. The van der Waals surface area contributed by atoms with Crippen molar-refractivity contribution in [3.8, 4) is 0 Å². The van der Waals surface area contributed by atoms with E-state index in [9.17, 15) is 4.79 Å². The summed E-state index contributed by atoms with van der Waals surface area (Å²) in [6, 6.07) is 3.06. The van der Waals surface area contributed by atoms with E-state index in [1.807, 2.05) is 17.5 Å². The third kappa shape index (κ3) is 2.81. The maximum atomic E-state index is 11.6. The summed E-state index contributed by atoms with van der Waals surface area (Å²) in [5.41, 5.74) is 5.77. The highest BCUT2D eigenvalue weighted by molar-refractivity contribution is 7.10. The van der Waals surface area contributed by atoms with E-state index >= 15 is 0 Å². The molecule has 1 aromatic rings. The fourth-order valence-corrected chi connectivity index (χ4v) is 2.30. The summed E-state index contributed by atoms with van der Waals surface area (Å²) in [5, 5.41) is 1.90. The maximum Gasteiger partial charge on any atom is 0.328 e. The lowest BCUT2D eigenvalue weighted by Crippen LogP contribution is -2.25. The topological polar surface area (TPSA) is 61.6 Å². The van der Waals surface area contributed by atoms with Gasteiger partial charge in [0.1, 0.15) is 6.04 Å². The van der Waals surface area contributed by atoms with Crippen molar-refractivity contribution >= 4 is 17.3 Å². The van der Waals surface area contributed by atoms with Gasteiger partial charge in [0.05, 0.1) is 13.2 Å². The van der Waals surface area contributed by atoms with Crippen LogP contribution in [0.25, 0.3) is 0 Å². The Morgan fingerprint density at radius 2 is 2.62 bits per heavy atom. The number of hydrogen-bond donors (Lipinski definition) is 1. The highest BCUT2D eigenvalue weighted by Crippen LogP contribution is 2.19. The fraction of sp³-hybridized carbons (Fsp3) is 0.545. The average molecular weight is 241 g/mol. The number of esters is 1. The first kappa shape index (κ1) is 11.6. The average Bonchev–Trinajstić information content (AvgIpc) is 2.96. The summed E-state index contributed by atoms with van der Waals surface area (Å²) >= 11 is 1.47.